The number of rotatable bonds is 8. The van der Waals surface area contributed by atoms with Gasteiger partial charge in [-0.1, -0.05) is 18.6 Å². The molecule has 0 spiro atoms. The van der Waals surface area contributed by atoms with Gasteiger partial charge in [-0.05, 0) is 65.0 Å². The number of nitrogens with one attached hydrogen (secondary N) is 2. The molecule has 1 fully saturated rings. The number of aromatic nitrogens is 3. The standard InChI is InChI=1S/C21H37N7/c1-4-28-14-8-11-19(28)15-23-21(22-13-12-18-9-6-5-7-10-18)24-16-20-26-25-17(2)27(20)3/h9,19H,4-8,10-16H2,1-3H3,(H2,22,23,24). The summed E-state index contributed by atoms with van der Waals surface area (Å²) in [6.45, 7) is 8.97. The Morgan fingerprint density at radius 1 is 1.25 bits per heavy atom. The first kappa shape index (κ1) is 20.8. The third-order valence-electron chi connectivity index (χ3n) is 6.10. The number of hydrogen-bond acceptors (Lipinski definition) is 4. The molecule has 1 aromatic rings. The van der Waals surface area contributed by atoms with E-state index in [1.54, 1.807) is 5.57 Å². The Morgan fingerprint density at radius 3 is 2.86 bits per heavy atom. The van der Waals surface area contributed by atoms with Crippen molar-refractivity contribution in [3.63, 3.8) is 0 Å². The molecule has 7 heteroatoms. The normalized spacial score (nSPS) is 21.0. The predicted molar refractivity (Wildman–Crippen MR) is 114 cm³/mol. The van der Waals surface area contributed by atoms with Gasteiger partial charge in [0.15, 0.2) is 11.8 Å². The third-order valence-corrected chi connectivity index (χ3v) is 6.10. The van der Waals surface area contributed by atoms with Crippen LogP contribution >= 0.6 is 0 Å². The van der Waals surface area contributed by atoms with E-state index in [4.69, 9.17) is 4.99 Å². The van der Waals surface area contributed by atoms with Crippen LogP contribution in [0.25, 0.3) is 0 Å². The summed E-state index contributed by atoms with van der Waals surface area (Å²) in [5, 5.41) is 15.5. The van der Waals surface area contributed by atoms with E-state index in [1.165, 1.54) is 45.1 Å². The van der Waals surface area contributed by atoms with Gasteiger partial charge in [0.2, 0.25) is 0 Å². The van der Waals surface area contributed by atoms with Crippen molar-refractivity contribution in [1.82, 2.24) is 30.3 Å². The van der Waals surface area contributed by atoms with Gasteiger partial charge in [-0.15, -0.1) is 10.2 Å². The highest BCUT2D eigenvalue weighted by atomic mass is 15.3. The summed E-state index contributed by atoms with van der Waals surface area (Å²) >= 11 is 0. The Balaban J connectivity index is 1.56. The molecule has 2 aliphatic rings. The number of hydrogen-bond donors (Lipinski definition) is 2. The lowest BCUT2D eigenvalue weighted by atomic mass is 9.97. The molecule has 0 saturated carbocycles. The zero-order valence-electron chi connectivity index (χ0n) is 17.9. The van der Waals surface area contributed by atoms with E-state index in [1.807, 2.05) is 18.5 Å². The lowest BCUT2D eigenvalue weighted by Gasteiger charge is -2.24. The van der Waals surface area contributed by atoms with Crippen LogP contribution in [0, 0.1) is 6.92 Å². The van der Waals surface area contributed by atoms with Crippen molar-refractivity contribution < 1.29 is 0 Å². The van der Waals surface area contributed by atoms with Crippen LogP contribution in [0.15, 0.2) is 16.6 Å². The van der Waals surface area contributed by atoms with Crippen LogP contribution in [0.3, 0.4) is 0 Å². The molecule has 7 nitrogen and oxygen atoms in total. The Bertz CT molecular complexity index is 676. The highest BCUT2D eigenvalue weighted by molar-refractivity contribution is 5.79. The highest BCUT2D eigenvalue weighted by Crippen LogP contribution is 2.19. The van der Waals surface area contributed by atoms with E-state index in [9.17, 15) is 0 Å². The highest BCUT2D eigenvalue weighted by Gasteiger charge is 2.22. The molecule has 1 aliphatic carbocycles. The molecule has 1 aliphatic heterocycles. The Labute approximate surface area is 169 Å². The molecular formula is C21H37N7. The van der Waals surface area contributed by atoms with Crippen LogP contribution in [0.1, 0.15) is 63.5 Å². The first-order valence-electron chi connectivity index (χ1n) is 11.0. The van der Waals surface area contributed by atoms with E-state index in [0.29, 0.717) is 12.6 Å². The molecule has 156 valence electrons. The Hall–Kier alpha value is -1.89. The van der Waals surface area contributed by atoms with E-state index >= 15 is 0 Å². The van der Waals surface area contributed by atoms with Crippen molar-refractivity contribution in [3.8, 4) is 0 Å². The molecule has 0 aromatic carbocycles. The summed E-state index contributed by atoms with van der Waals surface area (Å²) in [5.41, 5.74) is 1.59. The molecule has 1 saturated heterocycles. The average Bonchev–Trinajstić information content (AvgIpc) is 3.31. The van der Waals surface area contributed by atoms with E-state index < -0.39 is 0 Å². The minimum absolute atomic E-state index is 0.539. The number of allylic oxidation sites excluding steroid dienone is 1. The summed E-state index contributed by atoms with van der Waals surface area (Å²) in [6.07, 6.45) is 11.3. The molecule has 2 heterocycles. The quantitative estimate of drug-likeness (QED) is 0.407. The maximum absolute atomic E-state index is 4.80. The number of guanidine groups is 1. The predicted octanol–water partition coefficient (Wildman–Crippen LogP) is 2.53. The van der Waals surface area contributed by atoms with Crippen molar-refractivity contribution in [2.75, 3.05) is 26.2 Å². The fourth-order valence-electron chi connectivity index (χ4n) is 4.14. The minimum Gasteiger partial charge on any atom is -0.356 e. The average molecular weight is 388 g/mol. The van der Waals surface area contributed by atoms with Gasteiger partial charge in [-0.3, -0.25) is 4.90 Å². The molecule has 28 heavy (non-hydrogen) atoms. The first-order chi connectivity index (χ1) is 13.7. The maximum atomic E-state index is 4.80. The smallest absolute Gasteiger partial charge is 0.191 e. The number of aliphatic imine (C=N–C) groups is 1. The SMILES string of the molecule is CCN1CCCC1CNC(=NCc1nnc(C)n1C)NCCC1=CCCCC1. The van der Waals surface area contributed by atoms with Crippen LogP contribution in [0.2, 0.25) is 0 Å². The molecule has 1 aromatic heterocycles. The van der Waals surface area contributed by atoms with Crippen LogP contribution in [0.5, 0.6) is 0 Å². The molecule has 1 unspecified atom stereocenters. The molecule has 1 atom stereocenters. The van der Waals surface area contributed by atoms with Crippen molar-refractivity contribution in [3.05, 3.63) is 23.3 Å². The van der Waals surface area contributed by atoms with Gasteiger partial charge < -0.3 is 15.2 Å². The number of likely N-dealkylation sites (N-methyl/N-ethyl adjacent to an activating group) is 1. The summed E-state index contributed by atoms with van der Waals surface area (Å²) in [7, 11) is 1.99. The second-order valence-electron chi connectivity index (χ2n) is 7.98. The lowest BCUT2D eigenvalue weighted by Crippen LogP contribution is -2.45. The van der Waals surface area contributed by atoms with Gasteiger partial charge in [0.05, 0.1) is 0 Å². The summed E-state index contributed by atoms with van der Waals surface area (Å²) in [6, 6.07) is 0.607. The zero-order valence-corrected chi connectivity index (χ0v) is 17.9. The second kappa shape index (κ2) is 10.6. The third kappa shape index (κ3) is 5.80. The second-order valence-corrected chi connectivity index (χ2v) is 7.98. The molecule has 0 bridgehead atoms. The topological polar surface area (TPSA) is 70.4 Å². The van der Waals surface area contributed by atoms with Gasteiger partial charge in [-0.25, -0.2) is 4.99 Å². The van der Waals surface area contributed by atoms with Gasteiger partial charge in [0.1, 0.15) is 12.4 Å². The van der Waals surface area contributed by atoms with Crippen molar-refractivity contribution in [1.29, 1.82) is 0 Å². The lowest BCUT2D eigenvalue weighted by molar-refractivity contribution is 0.267. The van der Waals surface area contributed by atoms with Gasteiger partial charge in [-0.2, -0.15) is 0 Å². The van der Waals surface area contributed by atoms with Crippen LogP contribution in [-0.4, -0.2) is 57.8 Å². The van der Waals surface area contributed by atoms with Crippen LogP contribution in [-0.2, 0) is 13.6 Å². The Morgan fingerprint density at radius 2 is 2.14 bits per heavy atom. The minimum atomic E-state index is 0.539. The van der Waals surface area contributed by atoms with Crippen LogP contribution < -0.4 is 10.6 Å². The van der Waals surface area contributed by atoms with Crippen LogP contribution in [0.4, 0.5) is 0 Å². The molecule has 0 radical (unpaired) electrons. The number of aryl methyl sites for hydroxylation is 1. The largest absolute Gasteiger partial charge is 0.356 e. The van der Waals surface area contributed by atoms with Gasteiger partial charge >= 0.3 is 0 Å². The summed E-state index contributed by atoms with van der Waals surface area (Å²) < 4.78 is 2.00. The fourth-order valence-corrected chi connectivity index (χ4v) is 4.14. The number of likely N-dealkylation sites (tertiary alicyclic amines) is 1. The van der Waals surface area contributed by atoms with E-state index in [-0.39, 0.29) is 0 Å². The monoisotopic (exact) mass is 387 g/mol. The van der Waals surface area contributed by atoms with Gasteiger partial charge in [0.25, 0.3) is 0 Å². The van der Waals surface area contributed by atoms with Gasteiger partial charge in [0, 0.05) is 26.2 Å². The maximum Gasteiger partial charge on any atom is 0.191 e. The first-order valence-corrected chi connectivity index (χ1v) is 11.0. The molecule has 3 rings (SSSR count). The Kier molecular flexibility index (Phi) is 7.89. The van der Waals surface area contributed by atoms with E-state index in [0.717, 1.165) is 43.7 Å². The zero-order chi connectivity index (χ0) is 19.8. The summed E-state index contributed by atoms with van der Waals surface area (Å²) in [4.78, 5) is 7.35. The summed E-state index contributed by atoms with van der Waals surface area (Å²) in [5.74, 6) is 2.70. The van der Waals surface area contributed by atoms with Crippen molar-refractivity contribution in [2.45, 2.75) is 71.4 Å². The fraction of sp³-hybridized carbons (Fsp3) is 0.762. The molecule has 0 amide bonds. The molecule has 2 N–H and O–H groups in total. The van der Waals surface area contributed by atoms with Crippen molar-refractivity contribution >= 4 is 5.96 Å². The number of nitrogens with zero attached hydrogens (tertiary/aromatic N) is 5. The molecular weight excluding hydrogens is 350 g/mol. The van der Waals surface area contributed by atoms with E-state index in [2.05, 4.69) is 38.7 Å². The van der Waals surface area contributed by atoms with Crippen molar-refractivity contribution in [2.24, 2.45) is 12.0 Å².